The van der Waals surface area contributed by atoms with Gasteiger partial charge in [-0.2, -0.15) is 0 Å². The Morgan fingerprint density at radius 1 is 0.824 bits per heavy atom. The summed E-state index contributed by atoms with van der Waals surface area (Å²) in [6.07, 6.45) is 12.6. The van der Waals surface area contributed by atoms with Crippen LogP contribution in [0.5, 0.6) is 0 Å². The lowest BCUT2D eigenvalue weighted by Gasteiger charge is -2.29. The van der Waals surface area contributed by atoms with E-state index in [-0.39, 0.29) is 0 Å². The van der Waals surface area contributed by atoms with Crippen molar-refractivity contribution in [2.75, 3.05) is 5.88 Å². The van der Waals surface area contributed by atoms with Gasteiger partial charge in [-0.3, -0.25) is 0 Å². The van der Waals surface area contributed by atoms with E-state index in [0.29, 0.717) is 11.3 Å². The maximum absolute atomic E-state index is 6.05. The summed E-state index contributed by atoms with van der Waals surface area (Å²) in [6, 6.07) is 0. The highest BCUT2D eigenvalue weighted by Gasteiger charge is 2.22. The highest BCUT2D eigenvalue weighted by atomic mass is 35.5. The van der Waals surface area contributed by atoms with Gasteiger partial charge in [0.25, 0.3) is 0 Å². The van der Waals surface area contributed by atoms with E-state index >= 15 is 0 Å². The number of hydrogen-bond donors (Lipinski definition) is 0. The molecule has 0 saturated heterocycles. The van der Waals surface area contributed by atoms with Crippen molar-refractivity contribution in [3.63, 3.8) is 0 Å². The fourth-order valence-corrected chi connectivity index (χ4v) is 2.88. The van der Waals surface area contributed by atoms with Crippen LogP contribution in [0.2, 0.25) is 0 Å². The number of rotatable bonds is 10. The number of hydrogen-bond acceptors (Lipinski definition) is 0. The van der Waals surface area contributed by atoms with Gasteiger partial charge in [0.05, 0.1) is 0 Å². The van der Waals surface area contributed by atoms with Gasteiger partial charge in [0, 0.05) is 5.88 Å². The lowest BCUT2D eigenvalue weighted by Crippen LogP contribution is -2.21. The molecule has 0 amide bonds. The van der Waals surface area contributed by atoms with Crippen LogP contribution >= 0.6 is 11.6 Å². The molecule has 0 aromatic heterocycles. The number of alkyl halides is 1. The fraction of sp³-hybridized carbons (Fsp3) is 1.00. The molecular weight excluding hydrogens is 228 g/mol. The van der Waals surface area contributed by atoms with Crippen molar-refractivity contribution >= 4 is 11.6 Å². The second-order valence-electron chi connectivity index (χ2n) is 6.48. The highest BCUT2D eigenvalue weighted by Crippen LogP contribution is 2.31. The Morgan fingerprint density at radius 3 is 1.71 bits per heavy atom. The quantitative estimate of drug-likeness (QED) is 0.314. The molecule has 0 aliphatic carbocycles. The minimum absolute atomic E-state index is 0.378. The molecule has 0 heterocycles. The van der Waals surface area contributed by atoms with E-state index in [9.17, 15) is 0 Å². The third-order valence-electron chi connectivity index (χ3n) is 3.82. The van der Waals surface area contributed by atoms with Crippen molar-refractivity contribution in [1.82, 2.24) is 0 Å². The first-order valence-electron chi connectivity index (χ1n) is 7.58. The van der Waals surface area contributed by atoms with Crippen LogP contribution in [0.4, 0.5) is 0 Å². The Balaban J connectivity index is 3.38. The van der Waals surface area contributed by atoms with Crippen molar-refractivity contribution in [3.05, 3.63) is 0 Å². The zero-order valence-corrected chi connectivity index (χ0v) is 13.3. The molecular formula is C16H33Cl. The topological polar surface area (TPSA) is 0 Å². The smallest absolute Gasteiger partial charge is 0.0256 e. The SMILES string of the molecule is CCCCCCCCCCC(CCl)C(C)(C)C. The first-order chi connectivity index (χ1) is 8.02. The molecule has 0 aromatic rings. The molecule has 104 valence electrons. The lowest BCUT2D eigenvalue weighted by atomic mass is 9.79. The predicted molar refractivity (Wildman–Crippen MR) is 80.9 cm³/mol. The van der Waals surface area contributed by atoms with Crippen LogP contribution < -0.4 is 0 Å². The molecule has 0 rings (SSSR count). The molecule has 0 nitrogen and oxygen atoms in total. The predicted octanol–water partition coefficient (Wildman–Crippen LogP) is 6.42. The maximum atomic E-state index is 6.05. The zero-order chi connectivity index (χ0) is 13.1. The summed E-state index contributed by atoms with van der Waals surface area (Å²) in [4.78, 5) is 0. The summed E-state index contributed by atoms with van der Waals surface area (Å²) in [5.41, 5.74) is 0.378. The second-order valence-corrected chi connectivity index (χ2v) is 6.79. The Kier molecular flexibility index (Phi) is 10.4. The van der Waals surface area contributed by atoms with Gasteiger partial charge >= 0.3 is 0 Å². The average Bonchev–Trinajstić information content (AvgIpc) is 2.25. The summed E-state index contributed by atoms with van der Waals surface area (Å²) >= 11 is 6.05. The first kappa shape index (κ1) is 17.3. The van der Waals surface area contributed by atoms with E-state index in [2.05, 4.69) is 27.7 Å². The van der Waals surface area contributed by atoms with Crippen molar-refractivity contribution in [3.8, 4) is 0 Å². The number of halogens is 1. The van der Waals surface area contributed by atoms with Crippen LogP contribution in [0.1, 0.15) is 85.5 Å². The molecule has 0 fully saturated rings. The Morgan fingerprint density at radius 2 is 1.29 bits per heavy atom. The molecule has 1 heteroatoms. The molecule has 0 N–H and O–H groups in total. The molecule has 0 aromatic carbocycles. The summed E-state index contributed by atoms with van der Waals surface area (Å²) in [5, 5.41) is 0. The van der Waals surface area contributed by atoms with Crippen LogP contribution in [0.25, 0.3) is 0 Å². The van der Waals surface area contributed by atoms with Gasteiger partial charge in [-0.15, -0.1) is 11.6 Å². The third-order valence-corrected chi connectivity index (χ3v) is 4.19. The second kappa shape index (κ2) is 10.2. The molecule has 0 bridgehead atoms. The summed E-state index contributed by atoms with van der Waals surface area (Å²) in [7, 11) is 0. The Bertz CT molecular complexity index is 157. The van der Waals surface area contributed by atoms with Gasteiger partial charge in [0.2, 0.25) is 0 Å². The van der Waals surface area contributed by atoms with Gasteiger partial charge in [-0.25, -0.2) is 0 Å². The van der Waals surface area contributed by atoms with Crippen molar-refractivity contribution in [2.24, 2.45) is 11.3 Å². The van der Waals surface area contributed by atoms with E-state index in [1.165, 1.54) is 57.8 Å². The van der Waals surface area contributed by atoms with Gasteiger partial charge < -0.3 is 0 Å². The molecule has 0 spiro atoms. The zero-order valence-electron chi connectivity index (χ0n) is 12.5. The van der Waals surface area contributed by atoms with Gasteiger partial charge in [-0.05, 0) is 17.8 Å². The molecule has 1 atom stereocenters. The van der Waals surface area contributed by atoms with Crippen LogP contribution in [0.15, 0.2) is 0 Å². The van der Waals surface area contributed by atoms with Crippen LogP contribution in [0, 0.1) is 11.3 Å². The van der Waals surface area contributed by atoms with E-state index in [0.717, 1.165) is 5.88 Å². The number of unbranched alkanes of at least 4 members (excludes halogenated alkanes) is 7. The largest absolute Gasteiger partial charge is 0.126 e. The Hall–Kier alpha value is 0.290. The van der Waals surface area contributed by atoms with Gasteiger partial charge in [-0.1, -0.05) is 79.1 Å². The Labute approximate surface area is 115 Å². The van der Waals surface area contributed by atoms with E-state index < -0.39 is 0 Å². The van der Waals surface area contributed by atoms with E-state index in [4.69, 9.17) is 11.6 Å². The van der Waals surface area contributed by atoms with Crippen LogP contribution in [-0.2, 0) is 0 Å². The van der Waals surface area contributed by atoms with Crippen LogP contribution in [0.3, 0.4) is 0 Å². The van der Waals surface area contributed by atoms with Crippen molar-refractivity contribution < 1.29 is 0 Å². The third kappa shape index (κ3) is 9.94. The summed E-state index contributed by atoms with van der Waals surface area (Å²) < 4.78 is 0. The minimum Gasteiger partial charge on any atom is -0.126 e. The van der Waals surface area contributed by atoms with Crippen molar-refractivity contribution in [1.29, 1.82) is 0 Å². The molecule has 17 heavy (non-hydrogen) atoms. The van der Waals surface area contributed by atoms with Gasteiger partial charge in [0.1, 0.15) is 0 Å². The van der Waals surface area contributed by atoms with Gasteiger partial charge in [0.15, 0.2) is 0 Å². The molecule has 1 unspecified atom stereocenters. The average molecular weight is 261 g/mol. The maximum Gasteiger partial charge on any atom is 0.0256 e. The van der Waals surface area contributed by atoms with Crippen LogP contribution in [-0.4, -0.2) is 5.88 Å². The fourth-order valence-electron chi connectivity index (χ4n) is 2.27. The summed E-state index contributed by atoms with van der Waals surface area (Å²) in [5.74, 6) is 1.50. The molecule has 0 aliphatic rings. The summed E-state index contributed by atoms with van der Waals surface area (Å²) in [6.45, 7) is 9.21. The molecule has 0 saturated carbocycles. The normalized spacial score (nSPS) is 13.9. The monoisotopic (exact) mass is 260 g/mol. The van der Waals surface area contributed by atoms with E-state index in [1.54, 1.807) is 0 Å². The van der Waals surface area contributed by atoms with E-state index in [1.807, 2.05) is 0 Å². The standard InChI is InChI=1S/C16H33Cl/c1-5-6-7-8-9-10-11-12-13-15(14-17)16(2,3)4/h15H,5-14H2,1-4H3. The molecule has 0 radical (unpaired) electrons. The van der Waals surface area contributed by atoms with Crippen molar-refractivity contribution in [2.45, 2.75) is 85.5 Å². The lowest BCUT2D eigenvalue weighted by molar-refractivity contribution is 0.244. The highest BCUT2D eigenvalue weighted by molar-refractivity contribution is 6.18. The first-order valence-corrected chi connectivity index (χ1v) is 8.11. The minimum atomic E-state index is 0.378. The molecule has 0 aliphatic heterocycles.